The summed E-state index contributed by atoms with van der Waals surface area (Å²) in [5.74, 6) is 2.67. The van der Waals surface area contributed by atoms with Crippen LogP contribution in [0.1, 0.15) is 29.0 Å². The first kappa shape index (κ1) is 16.5. The van der Waals surface area contributed by atoms with Gasteiger partial charge in [0.05, 0.1) is 0 Å². The van der Waals surface area contributed by atoms with Gasteiger partial charge in [0.2, 0.25) is 0 Å². The minimum Gasteiger partial charge on any atom is -0.367 e. The molecule has 2 N–H and O–H groups in total. The van der Waals surface area contributed by atoms with Crippen molar-refractivity contribution in [3.8, 4) is 0 Å². The van der Waals surface area contributed by atoms with Gasteiger partial charge in [0.25, 0.3) is 0 Å². The molecule has 1 fully saturated rings. The highest BCUT2D eigenvalue weighted by Crippen LogP contribution is 2.48. The Hall–Kier alpha value is -1.72. The largest absolute Gasteiger partial charge is 0.367 e. The molecule has 2 atom stereocenters. The van der Waals surface area contributed by atoms with Crippen molar-refractivity contribution >= 4 is 28.8 Å². The van der Waals surface area contributed by atoms with Gasteiger partial charge in [-0.05, 0) is 66.9 Å². The number of rotatable bonds is 2. The van der Waals surface area contributed by atoms with E-state index < -0.39 is 0 Å². The molecule has 5 heteroatoms. The minimum absolute atomic E-state index is 0.184. The molecule has 0 saturated carbocycles. The highest BCUT2D eigenvalue weighted by atomic mass is 32.2. The molecule has 2 unspecified atom stereocenters. The van der Waals surface area contributed by atoms with Gasteiger partial charge in [0.1, 0.15) is 5.82 Å². The number of hydrogen-bond acceptors (Lipinski definition) is 4. The molecule has 0 amide bonds. The van der Waals surface area contributed by atoms with Gasteiger partial charge in [-0.1, -0.05) is 0 Å². The smallest absolute Gasteiger partial charge is 0.123 e. The first-order valence-corrected chi connectivity index (χ1v) is 10.6. The van der Waals surface area contributed by atoms with Crippen molar-refractivity contribution in [2.45, 2.75) is 31.1 Å². The van der Waals surface area contributed by atoms with Crippen LogP contribution in [-0.4, -0.2) is 31.4 Å². The van der Waals surface area contributed by atoms with E-state index >= 15 is 0 Å². The Morgan fingerprint density at radius 3 is 3.08 bits per heavy atom. The number of benzene rings is 2. The van der Waals surface area contributed by atoms with Crippen LogP contribution in [0.4, 0.5) is 21.5 Å². The zero-order chi connectivity index (χ0) is 17.7. The Bertz CT molecular complexity index is 853. The molecular formula is C21H24FN3S. The Labute approximate surface area is 158 Å². The third-order valence-corrected chi connectivity index (χ3v) is 6.94. The van der Waals surface area contributed by atoms with Crippen molar-refractivity contribution < 1.29 is 4.39 Å². The van der Waals surface area contributed by atoms with E-state index in [0.717, 1.165) is 42.3 Å². The summed E-state index contributed by atoms with van der Waals surface area (Å²) in [5, 5.41) is 7.13. The van der Waals surface area contributed by atoms with Crippen molar-refractivity contribution in [1.82, 2.24) is 5.32 Å². The number of hydrogen-bond donors (Lipinski definition) is 2. The summed E-state index contributed by atoms with van der Waals surface area (Å²) in [7, 11) is 0. The van der Waals surface area contributed by atoms with Crippen LogP contribution in [0.5, 0.6) is 0 Å². The molecule has 0 aromatic heterocycles. The van der Waals surface area contributed by atoms with Crippen LogP contribution in [0.25, 0.3) is 0 Å². The van der Waals surface area contributed by atoms with Crippen molar-refractivity contribution in [1.29, 1.82) is 0 Å². The normalized spacial score (nSPS) is 24.0. The number of nitrogens with one attached hydrogen (secondary N) is 2. The lowest BCUT2D eigenvalue weighted by Crippen LogP contribution is -2.44. The van der Waals surface area contributed by atoms with E-state index in [-0.39, 0.29) is 5.82 Å². The third kappa shape index (κ3) is 2.69. The van der Waals surface area contributed by atoms with Crippen LogP contribution in [0, 0.1) is 12.7 Å². The topological polar surface area (TPSA) is 27.3 Å². The van der Waals surface area contributed by atoms with Crippen LogP contribution >= 0.6 is 11.8 Å². The monoisotopic (exact) mass is 369 g/mol. The summed E-state index contributed by atoms with van der Waals surface area (Å²) < 4.78 is 13.4. The van der Waals surface area contributed by atoms with Gasteiger partial charge in [-0.2, -0.15) is 11.8 Å². The van der Waals surface area contributed by atoms with Crippen molar-refractivity contribution in [3.05, 3.63) is 52.8 Å². The molecule has 5 rings (SSSR count). The van der Waals surface area contributed by atoms with E-state index in [1.54, 1.807) is 6.07 Å². The summed E-state index contributed by atoms with van der Waals surface area (Å²) in [5.41, 5.74) is 7.47. The summed E-state index contributed by atoms with van der Waals surface area (Å²) in [6.45, 7) is 5.30. The first-order chi connectivity index (χ1) is 12.7. The Morgan fingerprint density at radius 1 is 1.27 bits per heavy atom. The lowest BCUT2D eigenvalue weighted by atomic mass is 9.89. The zero-order valence-corrected chi connectivity index (χ0v) is 15.8. The van der Waals surface area contributed by atoms with Gasteiger partial charge < -0.3 is 15.5 Å². The summed E-state index contributed by atoms with van der Waals surface area (Å²) >= 11 is 2.03. The van der Waals surface area contributed by atoms with Gasteiger partial charge in [-0.3, -0.25) is 0 Å². The molecule has 0 radical (unpaired) electrons. The fourth-order valence-electron chi connectivity index (χ4n) is 4.78. The summed E-state index contributed by atoms with van der Waals surface area (Å²) in [6.07, 6.45) is 1.23. The maximum atomic E-state index is 13.4. The lowest BCUT2D eigenvalue weighted by Gasteiger charge is -2.33. The first-order valence-electron chi connectivity index (χ1n) is 9.46. The zero-order valence-electron chi connectivity index (χ0n) is 15.0. The third-order valence-electron chi connectivity index (χ3n) is 5.95. The number of thioether (sulfide) groups is 1. The predicted molar refractivity (Wildman–Crippen MR) is 108 cm³/mol. The predicted octanol–water partition coefficient (Wildman–Crippen LogP) is 4.39. The average molecular weight is 370 g/mol. The van der Waals surface area contributed by atoms with Crippen molar-refractivity contribution in [3.63, 3.8) is 0 Å². The highest BCUT2D eigenvalue weighted by molar-refractivity contribution is 7.98. The average Bonchev–Trinajstić information content (AvgIpc) is 2.80. The molecule has 3 heterocycles. The molecule has 2 aromatic rings. The molecule has 136 valence electrons. The molecule has 3 aliphatic heterocycles. The molecule has 0 spiro atoms. The van der Waals surface area contributed by atoms with E-state index in [1.807, 2.05) is 24.8 Å². The summed E-state index contributed by atoms with van der Waals surface area (Å²) in [6, 6.07) is 10.2. The van der Waals surface area contributed by atoms with E-state index in [2.05, 4.69) is 27.7 Å². The van der Waals surface area contributed by atoms with Gasteiger partial charge in [-0.25, -0.2) is 4.39 Å². The second-order valence-corrected chi connectivity index (χ2v) is 8.68. The fraction of sp³-hybridized carbons (Fsp3) is 0.429. The van der Waals surface area contributed by atoms with Crippen molar-refractivity contribution in [2.75, 3.05) is 35.6 Å². The Balaban J connectivity index is 1.57. The number of fused-ring (bicyclic) bond motifs is 3. The number of halogens is 1. The van der Waals surface area contributed by atoms with E-state index in [0.29, 0.717) is 12.0 Å². The molecule has 2 aromatic carbocycles. The van der Waals surface area contributed by atoms with E-state index in [4.69, 9.17) is 0 Å². The van der Waals surface area contributed by atoms with Gasteiger partial charge >= 0.3 is 0 Å². The highest BCUT2D eigenvalue weighted by Gasteiger charge is 2.41. The number of aryl methyl sites for hydroxylation is 1. The van der Waals surface area contributed by atoms with Crippen LogP contribution in [-0.2, 0) is 5.75 Å². The number of nitrogens with zero attached hydrogens (tertiary/aromatic N) is 1. The molecule has 26 heavy (non-hydrogen) atoms. The van der Waals surface area contributed by atoms with Gasteiger partial charge in [0, 0.05) is 53.6 Å². The van der Waals surface area contributed by atoms with E-state index in [9.17, 15) is 4.39 Å². The van der Waals surface area contributed by atoms with Gasteiger partial charge in [0.15, 0.2) is 0 Å². The molecular weight excluding hydrogens is 345 g/mol. The van der Waals surface area contributed by atoms with Crippen LogP contribution in [0.2, 0.25) is 0 Å². The van der Waals surface area contributed by atoms with Crippen molar-refractivity contribution in [2.24, 2.45) is 0 Å². The maximum Gasteiger partial charge on any atom is 0.123 e. The van der Waals surface area contributed by atoms with E-state index in [1.165, 1.54) is 35.1 Å². The summed E-state index contributed by atoms with van der Waals surface area (Å²) in [4.78, 5) is 2.68. The molecule has 1 saturated heterocycles. The Morgan fingerprint density at radius 2 is 2.19 bits per heavy atom. The van der Waals surface area contributed by atoms with Crippen LogP contribution < -0.4 is 15.5 Å². The minimum atomic E-state index is -0.184. The molecule has 0 aliphatic carbocycles. The quantitative estimate of drug-likeness (QED) is 0.821. The molecule has 3 nitrogen and oxygen atoms in total. The van der Waals surface area contributed by atoms with Crippen LogP contribution in [0.3, 0.4) is 0 Å². The fourth-order valence-corrected chi connectivity index (χ4v) is 5.69. The number of piperidine rings is 1. The lowest BCUT2D eigenvalue weighted by molar-refractivity contribution is 0.406. The standard InChI is InChI=1S/C21H24FN3S/c1-13-8-15(22)2-3-19(13)24-16-9-14-12-26-7-6-25-20-4-5-23-11-18(20)17(10-16)21(14)25/h2-3,8-10,18,20,23-24H,4-7,11-12H2,1H3. The number of anilines is 3. The SMILES string of the molecule is Cc1cc(F)ccc1Nc1cc2c3c(c1)C1CNCCC1N3CCSC2. The van der Waals surface area contributed by atoms with Crippen LogP contribution in [0.15, 0.2) is 30.3 Å². The maximum absolute atomic E-state index is 13.4. The van der Waals surface area contributed by atoms with Gasteiger partial charge in [-0.15, -0.1) is 0 Å². The molecule has 0 bridgehead atoms. The second-order valence-electron chi connectivity index (χ2n) is 7.57. The second kappa shape index (κ2) is 6.46. The Kier molecular flexibility index (Phi) is 4.09. The molecule has 3 aliphatic rings.